The molecule has 5 heterocycles. The number of methoxy groups -OCH3 is 2. The third-order valence-corrected chi connectivity index (χ3v) is 17.2. The fourth-order valence-electron chi connectivity index (χ4n) is 11.5. The molecule has 2 saturated heterocycles. The van der Waals surface area contributed by atoms with Crippen molar-refractivity contribution >= 4 is 82.6 Å². The van der Waals surface area contributed by atoms with Crippen LogP contribution in [-0.2, 0) is 41.7 Å². The second kappa shape index (κ2) is 30.6. The number of fused-ring (bicyclic) bond motifs is 4. The number of primary amides is 1. The smallest absolute Gasteiger partial charge is 0.416 e. The molecule has 3 aromatic rings. The van der Waals surface area contributed by atoms with Crippen LogP contribution >= 0.6 is 11.8 Å². The van der Waals surface area contributed by atoms with Crippen molar-refractivity contribution in [3.05, 3.63) is 106 Å². The predicted molar refractivity (Wildman–Crippen MR) is 333 cm³/mol. The minimum atomic E-state index is -1.54. The molecule has 5 N–H and O–H groups in total. The summed E-state index contributed by atoms with van der Waals surface area (Å²) in [5, 5.41) is 17.4. The van der Waals surface area contributed by atoms with E-state index in [1.165, 1.54) is 54.0 Å². The van der Waals surface area contributed by atoms with Gasteiger partial charge < -0.3 is 55.0 Å². The molecule has 0 aliphatic carbocycles. The van der Waals surface area contributed by atoms with Gasteiger partial charge in [0, 0.05) is 75.8 Å². The van der Waals surface area contributed by atoms with Crippen molar-refractivity contribution in [1.29, 1.82) is 0 Å². The van der Waals surface area contributed by atoms with Crippen LogP contribution in [0.25, 0.3) is 0 Å². The Balaban J connectivity index is 0.859. The highest BCUT2D eigenvalue weighted by atomic mass is 32.2. The fraction of sp³-hybridized carbons (Fsp3) is 0.477. The Hall–Kier alpha value is -8.51. The second-order valence-corrected chi connectivity index (χ2v) is 24.0. The summed E-state index contributed by atoms with van der Waals surface area (Å²) in [6.45, 7) is 13.1. The van der Waals surface area contributed by atoms with Crippen LogP contribution in [0.1, 0.15) is 123 Å². The van der Waals surface area contributed by atoms with Gasteiger partial charge in [0.25, 0.3) is 23.6 Å². The Morgan fingerprint density at radius 2 is 1.43 bits per heavy atom. The van der Waals surface area contributed by atoms with Gasteiger partial charge in [-0.1, -0.05) is 68.8 Å². The maximum atomic E-state index is 14.3. The van der Waals surface area contributed by atoms with Gasteiger partial charge in [0.15, 0.2) is 35.0 Å². The molecule has 0 radical (unpaired) electrons. The molecule has 89 heavy (non-hydrogen) atoms. The van der Waals surface area contributed by atoms with Crippen LogP contribution in [0.5, 0.6) is 23.0 Å². The molecule has 8 rings (SSSR count). The van der Waals surface area contributed by atoms with Crippen LogP contribution < -0.4 is 40.2 Å². The lowest BCUT2D eigenvalue weighted by molar-refractivity contribution is -0.137. The van der Waals surface area contributed by atoms with E-state index in [1.54, 1.807) is 53.8 Å². The minimum absolute atomic E-state index is 0.0423. The highest BCUT2D eigenvalue weighted by molar-refractivity contribution is 8.03. The monoisotopic (exact) mass is 1240 g/mol. The summed E-state index contributed by atoms with van der Waals surface area (Å²) in [7, 11) is 2.95. The van der Waals surface area contributed by atoms with Crippen molar-refractivity contribution in [3.8, 4) is 23.0 Å². The molecule has 0 spiro atoms. The van der Waals surface area contributed by atoms with Crippen molar-refractivity contribution in [2.75, 3.05) is 64.8 Å². The number of unbranched alkanes of at least 4 members (excludes halogenated alkanes) is 4. The molecular formula is C65H80N8O15S. The van der Waals surface area contributed by atoms with E-state index in [2.05, 4.69) is 28.8 Å². The number of anilines is 1. The number of nitrogens with two attached hydrogens (primary N) is 1. The minimum Gasteiger partial charge on any atom is -0.493 e. The van der Waals surface area contributed by atoms with Crippen LogP contribution in [0.4, 0.5) is 21.0 Å². The van der Waals surface area contributed by atoms with Crippen molar-refractivity contribution in [2.24, 2.45) is 22.6 Å². The number of carbonyl (C=O) groups is 9. The zero-order chi connectivity index (χ0) is 64.1. The van der Waals surface area contributed by atoms with Crippen LogP contribution in [0.2, 0.25) is 0 Å². The van der Waals surface area contributed by atoms with E-state index in [0.717, 1.165) is 10.5 Å². The number of nitrogens with one attached hydrogen (secondary N) is 2. The van der Waals surface area contributed by atoms with Crippen molar-refractivity contribution in [2.45, 2.75) is 128 Å². The van der Waals surface area contributed by atoms with Crippen LogP contribution in [0.15, 0.2) is 88.8 Å². The molecule has 0 aromatic heterocycles. The maximum absolute atomic E-state index is 14.3. The number of thioether (sulfide) groups is 1. The highest BCUT2D eigenvalue weighted by Gasteiger charge is 2.47. The number of hydrogen-bond acceptors (Lipinski definition) is 17. The first kappa shape index (κ1) is 66.4. The zero-order valence-corrected chi connectivity index (χ0v) is 52.0. The van der Waals surface area contributed by atoms with Gasteiger partial charge in [-0.3, -0.25) is 43.5 Å². The van der Waals surface area contributed by atoms with Crippen molar-refractivity contribution < 1.29 is 71.9 Å². The van der Waals surface area contributed by atoms with E-state index in [0.29, 0.717) is 109 Å². The SMILES string of the molecule is C=C1C[C@H]2C=Nc3cc(OCCCCCOc4cc5c(cc4OC)C(=O)N4CC(=C)C[C@H]4[C@H](O)N5C(=O)OCc4ccc(CC(=O)[C@H](CCCNC(N)=O)NC(=O)C(CC(=O)CCCCCN5C(=O)C=C(SC)C5=O)C(C)C)cc4)c(OC)cc3C(=O)N2C1. The number of aliphatic hydroxyl groups excluding tert-OH is 1. The van der Waals surface area contributed by atoms with E-state index in [1.807, 2.05) is 13.8 Å². The number of ketones is 2. The summed E-state index contributed by atoms with van der Waals surface area (Å²) in [4.78, 5) is 130. The number of carbonyl (C=O) groups excluding carboxylic acids is 9. The maximum Gasteiger partial charge on any atom is 0.416 e. The summed E-state index contributed by atoms with van der Waals surface area (Å²) < 4.78 is 29.5. The number of hydrogen-bond donors (Lipinski definition) is 4. The number of nitrogens with zero attached hydrogens (tertiary/aromatic N) is 5. The number of urea groups is 1. The van der Waals surface area contributed by atoms with Gasteiger partial charge in [-0.15, -0.1) is 11.8 Å². The Bertz CT molecular complexity index is 3290. The van der Waals surface area contributed by atoms with Gasteiger partial charge in [-0.05, 0) is 93.2 Å². The van der Waals surface area contributed by atoms with E-state index in [-0.39, 0.29) is 129 Å². The molecule has 5 atom stereocenters. The first-order chi connectivity index (χ1) is 42.7. The molecule has 2 fully saturated rings. The van der Waals surface area contributed by atoms with E-state index < -0.39 is 48.2 Å². The van der Waals surface area contributed by atoms with Crippen molar-refractivity contribution in [1.82, 2.24) is 25.3 Å². The topological polar surface area (TPSA) is 295 Å². The lowest BCUT2D eigenvalue weighted by Crippen LogP contribution is -2.50. The summed E-state index contributed by atoms with van der Waals surface area (Å²) in [5.74, 6) is -1.78. The molecule has 3 aromatic carbocycles. The number of imide groups is 1. The predicted octanol–water partition coefficient (Wildman–Crippen LogP) is 7.52. The molecule has 8 amide bonds. The van der Waals surface area contributed by atoms with Crippen LogP contribution in [0.3, 0.4) is 0 Å². The standard InChI is InChI=1S/C65H80N8O15S/c1-38(2)45(28-44(74)15-10-8-11-22-70-58(76)33-57(89-7)63(70)81)59(77)69-48(16-14-21-67-64(66)82)52(75)27-41-17-19-42(20-18-41)37-88-65(83)73-50-32-56(54(85-6)30-47(50)61(79)72-36-40(4)26-51(72)62(73)80)87-24-13-9-12-23-86-55-31-49-46(29-53(55)84-5)60(78)71-35-39(3)25-43(71)34-68-49/h17-20,29-34,38,43,45,48,51,62,80H,3-4,8-16,21-28,35-37H2,1-2,5-7H3,(H,69,77)(H3,66,67,82)/t43-,45?,48-,51-,62-/m0/s1. The highest BCUT2D eigenvalue weighted by Crippen LogP contribution is 2.43. The molecule has 0 bridgehead atoms. The van der Waals surface area contributed by atoms with Gasteiger partial charge in [-0.2, -0.15) is 0 Å². The average Bonchev–Trinajstić information content (AvgIpc) is 1.77. The normalized spacial score (nSPS) is 18.4. The summed E-state index contributed by atoms with van der Waals surface area (Å²) >= 11 is 1.22. The fourth-order valence-corrected chi connectivity index (χ4v) is 12.0. The van der Waals surface area contributed by atoms with Gasteiger partial charge in [-0.25, -0.2) is 14.5 Å². The number of rotatable bonds is 31. The molecule has 5 aliphatic rings. The summed E-state index contributed by atoms with van der Waals surface area (Å²) in [5.41, 5.74) is 9.14. The number of ether oxygens (including phenoxy) is 5. The molecular weight excluding hydrogens is 1160 g/mol. The number of aliphatic imine (C=N–C) groups is 1. The number of amides is 8. The first-order valence-corrected chi connectivity index (χ1v) is 31.3. The third kappa shape index (κ3) is 16.4. The molecule has 476 valence electrons. The Morgan fingerprint density at radius 1 is 0.787 bits per heavy atom. The lowest BCUT2D eigenvalue weighted by Gasteiger charge is -2.31. The van der Waals surface area contributed by atoms with Gasteiger partial charge in [0.2, 0.25) is 5.91 Å². The largest absolute Gasteiger partial charge is 0.493 e. The van der Waals surface area contributed by atoms with E-state index in [4.69, 9.17) is 29.4 Å². The quantitative estimate of drug-likeness (QED) is 0.0275. The Morgan fingerprint density at radius 3 is 2.09 bits per heavy atom. The molecule has 23 nitrogen and oxygen atoms in total. The summed E-state index contributed by atoms with van der Waals surface area (Å²) in [6.07, 6.45) is 7.35. The van der Waals surface area contributed by atoms with Gasteiger partial charge in [0.05, 0.1) is 73.0 Å². The molecule has 0 saturated carbocycles. The average molecular weight is 1250 g/mol. The zero-order valence-electron chi connectivity index (χ0n) is 51.2. The molecule has 24 heteroatoms. The van der Waals surface area contributed by atoms with E-state index >= 15 is 0 Å². The summed E-state index contributed by atoms with van der Waals surface area (Å²) in [6, 6.07) is 10.4. The molecule has 1 unspecified atom stereocenters. The van der Waals surface area contributed by atoms with Crippen molar-refractivity contribution in [3.63, 3.8) is 0 Å². The third-order valence-electron chi connectivity index (χ3n) is 16.4. The van der Waals surface area contributed by atoms with E-state index in [9.17, 15) is 48.3 Å². The number of benzene rings is 3. The number of aliphatic hydroxyl groups is 1. The van der Waals surface area contributed by atoms with Crippen LogP contribution in [-0.4, -0.2) is 163 Å². The number of Topliss-reactive ketones (excluding diaryl/α,β-unsaturated/α-hetero) is 2. The Kier molecular flexibility index (Phi) is 22.9. The van der Waals surface area contributed by atoms with Gasteiger partial charge >= 0.3 is 12.1 Å². The van der Waals surface area contributed by atoms with Crippen LogP contribution in [0, 0.1) is 11.8 Å². The molecule has 5 aliphatic heterocycles. The van der Waals surface area contributed by atoms with Gasteiger partial charge in [0.1, 0.15) is 12.4 Å². The first-order valence-electron chi connectivity index (χ1n) is 30.1. The second-order valence-electron chi connectivity index (χ2n) is 23.2. The lowest BCUT2D eigenvalue weighted by atomic mass is 9.88. The Labute approximate surface area is 522 Å².